The van der Waals surface area contributed by atoms with Crippen LogP contribution in [0.5, 0.6) is 0 Å². The predicted molar refractivity (Wildman–Crippen MR) is 68.3 cm³/mol. The molecule has 0 radical (unpaired) electrons. The molecule has 2 atom stereocenters. The largest absolute Gasteiger partial charge is 0.391 e. The molecule has 0 saturated carbocycles. The Balaban J connectivity index is 1.68. The van der Waals surface area contributed by atoms with Gasteiger partial charge in [0.2, 0.25) is 0 Å². The van der Waals surface area contributed by atoms with Crippen LogP contribution in [0.25, 0.3) is 0 Å². The van der Waals surface area contributed by atoms with E-state index in [0.29, 0.717) is 12.5 Å². The monoisotopic (exact) mass is 250 g/mol. The second-order valence-electron chi connectivity index (χ2n) is 5.59. The van der Waals surface area contributed by atoms with Crippen molar-refractivity contribution in [3.8, 4) is 0 Å². The Morgan fingerprint density at radius 3 is 2.94 bits per heavy atom. The summed E-state index contributed by atoms with van der Waals surface area (Å²) in [7, 11) is 0. The van der Waals surface area contributed by atoms with E-state index < -0.39 is 0 Å². The molecule has 5 heteroatoms. The van der Waals surface area contributed by atoms with Crippen molar-refractivity contribution in [1.82, 2.24) is 19.7 Å². The van der Waals surface area contributed by atoms with Gasteiger partial charge in [0.05, 0.1) is 12.6 Å². The van der Waals surface area contributed by atoms with Gasteiger partial charge in [-0.15, -0.1) is 10.2 Å². The van der Waals surface area contributed by atoms with Gasteiger partial charge in [-0.25, -0.2) is 0 Å². The SMILES string of the molecule is CCN1CCC(Cc2nnc3n2CC(O)CC3)C1. The second kappa shape index (κ2) is 4.97. The summed E-state index contributed by atoms with van der Waals surface area (Å²) < 4.78 is 2.14. The van der Waals surface area contributed by atoms with Crippen molar-refractivity contribution in [2.24, 2.45) is 5.92 Å². The number of aromatic nitrogens is 3. The number of likely N-dealkylation sites (tertiary alicyclic amines) is 1. The van der Waals surface area contributed by atoms with Gasteiger partial charge in [-0.1, -0.05) is 6.92 Å². The number of hydrogen-bond acceptors (Lipinski definition) is 4. The van der Waals surface area contributed by atoms with Gasteiger partial charge in [0, 0.05) is 19.4 Å². The summed E-state index contributed by atoms with van der Waals surface area (Å²) >= 11 is 0. The second-order valence-corrected chi connectivity index (χ2v) is 5.59. The fourth-order valence-corrected chi connectivity index (χ4v) is 3.14. The lowest BCUT2D eigenvalue weighted by atomic mass is 10.0. The van der Waals surface area contributed by atoms with Gasteiger partial charge in [-0.3, -0.25) is 0 Å². The Bertz CT molecular complexity index is 417. The average Bonchev–Trinajstić information content (AvgIpc) is 2.97. The minimum Gasteiger partial charge on any atom is -0.391 e. The molecule has 1 N–H and O–H groups in total. The number of rotatable bonds is 3. The van der Waals surface area contributed by atoms with Crippen LogP contribution < -0.4 is 0 Å². The van der Waals surface area contributed by atoms with Crippen LogP contribution in [0.4, 0.5) is 0 Å². The lowest BCUT2D eigenvalue weighted by Crippen LogP contribution is -2.26. The van der Waals surface area contributed by atoms with E-state index in [-0.39, 0.29) is 6.10 Å². The standard InChI is InChI=1S/C13H22N4O/c1-2-16-6-5-10(8-16)7-13-15-14-12-4-3-11(18)9-17(12)13/h10-11,18H,2-9H2,1H3. The molecule has 0 bridgehead atoms. The molecular formula is C13H22N4O. The first-order chi connectivity index (χ1) is 8.76. The highest BCUT2D eigenvalue weighted by Crippen LogP contribution is 2.22. The Hall–Kier alpha value is -0.940. The Morgan fingerprint density at radius 1 is 1.28 bits per heavy atom. The van der Waals surface area contributed by atoms with Crippen LogP contribution in [0.15, 0.2) is 0 Å². The van der Waals surface area contributed by atoms with E-state index in [4.69, 9.17) is 0 Å². The summed E-state index contributed by atoms with van der Waals surface area (Å²) in [6.45, 7) is 6.44. The molecule has 100 valence electrons. The Kier molecular flexibility index (Phi) is 3.35. The molecule has 0 spiro atoms. The lowest BCUT2D eigenvalue weighted by molar-refractivity contribution is 0.128. The summed E-state index contributed by atoms with van der Waals surface area (Å²) in [5.74, 6) is 2.84. The molecule has 2 aliphatic heterocycles. The number of aliphatic hydroxyl groups is 1. The normalized spacial score (nSPS) is 28.6. The third-order valence-electron chi connectivity index (χ3n) is 4.29. The topological polar surface area (TPSA) is 54.2 Å². The Morgan fingerprint density at radius 2 is 2.17 bits per heavy atom. The summed E-state index contributed by atoms with van der Waals surface area (Å²) in [4.78, 5) is 2.49. The quantitative estimate of drug-likeness (QED) is 0.847. The third-order valence-corrected chi connectivity index (χ3v) is 4.29. The molecule has 2 unspecified atom stereocenters. The first kappa shape index (κ1) is 12.1. The van der Waals surface area contributed by atoms with Crippen LogP contribution in [-0.4, -0.2) is 50.5 Å². The van der Waals surface area contributed by atoms with Crippen LogP contribution in [0, 0.1) is 5.92 Å². The molecule has 1 fully saturated rings. The summed E-state index contributed by atoms with van der Waals surface area (Å²) in [6, 6.07) is 0. The van der Waals surface area contributed by atoms with Crippen molar-refractivity contribution in [3.63, 3.8) is 0 Å². The number of fused-ring (bicyclic) bond motifs is 1. The highest BCUT2D eigenvalue weighted by molar-refractivity contribution is 5.02. The molecule has 1 aromatic heterocycles. The fourth-order valence-electron chi connectivity index (χ4n) is 3.14. The zero-order valence-corrected chi connectivity index (χ0v) is 11.0. The number of aryl methyl sites for hydroxylation is 1. The maximum absolute atomic E-state index is 9.76. The zero-order valence-electron chi connectivity index (χ0n) is 11.0. The summed E-state index contributed by atoms with van der Waals surface area (Å²) in [6.07, 6.45) is 3.74. The predicted octanol–water partition coefficient (Wildman–Crippen LogP) is 0.469. The maximum atomic E-state index is 9.76. The highest BCUT2D eigenvalue weighted by Gasteiger charge is 2.26. The van der Waals surface area contributed by atoms with Crippen LogP contribution in [0.2, 0.25) is 0 Å². The minimum atomic E-state index is -0.219. The van der Waals surface area contributed by atoms with Gasteiger partial charge >= 0.3 is 0 Å². The molecule has 1 aromatic rings. The molecule has 0 aromatic carbocycles. The van der Waals surface area contributed by atoms with E-state index >= 15 is 0 Å². The number of hydrogen-bond donors (Lipinski definition) is 1. The van der Waals surface area contributed by atoms with Gasteiger partial charge in [0.25, 0.3) is 0 Å². The van der Waals surface area contributed by atoms with Crippen LogP contribution >= 0.6 is 0 Å². The van der Waals surface area contributed by atoms with Crippen molar-refractivity contribution in [2.75, 3.05) is 19.6 Å². The van der Waals surface area contributed by atoms with E-state index in [1.165, 1.54) is 19.5 Å². The number of aliphatic hydroxyl groups excluding tert-OH is 1. The lowest BCUT2D eigenvalue weighted by Gasteiger charge is -2.20. The molecule has 0 aliphatic carbocycles. The third kappa shape index (κ3) is 2.29. The minimum absolute atomic E-state index is 0.219. The van der Waals surface area contributed by atoms with Gasteiger partial charge in [-0.05, 0) is 31.8 Å². The first-order valence-electron chi connectivity index (χ1n) is 7.07. The molecule has 3 heterocycles. The van der Waals surface area contributed by atoms with Crippen molar-refractivity contribution < 1.29 is 5.11 Å². The van der Waals surface area contributed by atoms with Gasteiger partial charge in [0.1, 0.15) is 11.6 Å². The molecule has 2 aliphatic rings. The number of nitrogens with zero attached hydrogens (tertiary/aromatic N) is 4. The maximum Gasteiger partial charge on any atom is 0.133 e. The Labute approximate surface area is 108 Å². The van der Waals surface area contributed by atoms with E-state index in [1.54, 1.807) is 0 Å². The molecule has 18 heavy (non-hydrogen) atoms. The fraction of sp³-hybridized carbons (Fsp3) is 0.846. The van der Waals surface area contributed by atoms with E-state index in [2.05, 4.69) is 26.6 Å². The summed E-state index contributed by atoms with van der Waals surface area (Å²) in [5, 5.41) is 18.3. The van der Waals surface area contributed by atoms with Gasteiger partial charge in [-0.2, -0.15) is 0 Å². The van der Waals surface area contributed by atoms with E-state index in [0.717, 1.165) is 37.5 Å². The molecule has 0 amide bonds. The molecular weight excluding hydrogens is 228 g/mol. The van der Waals surface area contributed by atoms with E-state index in [1.807, 2.05) is 0 Å². The van der Waals surface area contributed by atoms with Gasteiger partial charge < -0.3 is 14.6 Å². The molecule has 5 nitrogen and oxygen atoms in total. The zero-order chi connectivity index (χ0) is 12.5. The average molecular weight is 250 g/mol. The van der Waals surface area contributed by atoms with Crippen molar-refractivity contribution in [1.29, 1.82) is 0 Å². The van der Waals surface area contributed by atoms with Gasteiger partial charge in [0.15, 0.2) is 0 Å². The van der Waals surface area contributed by atoms with Crippen LogP contribution in [0.3, 0.4) is 0 Å². The molecule has 1 saturated heterocycles. The van der Waals surface area contributed by atoms with E-state index in [9.17, 15) is 5.11 Å². The smallest absolute Gasteiger partial charge is 0.133 e. The molecule has 3 rings (SSSR count). The first-order valence-corrected chi connectivity index (χ1v) is 7.07. The van der Waals surface area contributed by atoms with Crippen LogP contribution in [0.1, 0.15) is 31.4 Å². The van der Waals surface area contributed by atoms with Crippen LogP contribution in [-0.2, 0) is 19.4 Å². The van der Waals surface area contributed by atoms with Crippen molar-refractivity contribution >= 4 is 0 Å². The summed E-state index contributed by atoms with van der Waals surface area (Å²) in [5.41, 5.74) is 0. The van der Waals surface area contributed by atoms with Crippen molar-refractivity contribution in [2.45, 2.75) is 45.3 Å². The van der Waals surface area contributed by atoms with Crippen molar-refractivity contribution in [3.05, 3.63) is 11.6 Å². The highest BCUT2D eigenvalue weighted by atomic mass is 16.3.